The minimum Gasteiger partial charge on any atom is -0.508 e. The van der Waals surface area contributed by atoms with Gasteiger partial charge in [-0.2, -0.15) is 0 Å². The van der Waals surface area contributed by atoms with Crippen molar-refractivity contribution in [3.05, 3.63) is 52.7 Å². The monoisotopic (exact) mass is 248 g/mol. The van der Waals surface area contributed by atoms with E-state index in [4.69, 9.17) is 11.6 Å². The molecule has 3 nitrogen and oxygen atoms in total. The second kappa shape index (κ2) is 5.06. The number of phenolic OH excluding ortho intramolecular Hbond substituents is 1. The Morgan fingerprint density at radius 1 is 1.29 bits per heavy atom. The molecular weight excluding hydrogens is 236 g/mol. The zero-order valence-electron chi connectivity index (χ0n) is 9.44. The maximum atomic E-state index is 9.68. The largest absolute Gasteiger partial charge is 0.508 e. The molecule has 0 aliphatic carbocycles. The van der Waals surface area contributed by atoms with Crippen LogP contribution in [0.4, 0.5) is 5.82 Å². The molecule has 17 heavy (non-hydrogen) atoms. The van der Waals surface area contributed by atoms with E-state index in [1.165, 1.54) is 0 Å². The van der Waals surface area contributed by atoms with Crippen LogP contribution in [0.25, 0.3) is 0 Å². The van der Waals surface area contributed by atoms with Crippen LogP contribution in [0.3, 0.4) is 0 Å². The van der Waals surface area contributed by atoms with Crippen LogP contribution in [0.5, 0.6) is 5.75 Å². The number of aromatic hydroxyl groups is 1. The Balaban J connectivity index is 2.09. The van der Waals surface area contributed by atoms with Gasteiger partial charge in [0.05, 0.1) is 0 Å². The Morgan fingerprint density at radius 2 is 2.12 bits per heavy atom. The van der Waals surface area contributed by atoms with E-state index in [0.717, 1.165) is 11.1 Å². The van der Waals surface area contributed by atoms with Gasteiger partial charge < -0.3 is 10.4 Å². The fraction of sp³-hybridized carbons (Fsp3) is 0.154. The SMILES string of the molecule is Cc1ccc(O)c(CNc2cccc(Cl)n2)c1. The van der Waals surface area contributed by atoms with Crippen molar-refractivity contribution in [1.82, 2.24) is 4.98 Å². The van der Waals surface area contributed by atoms with E-state index in [0.29, 0.717) is 17.5 Å². The van der Waals surface area contributed by atoms with Crippen molar-refractivity contribution in [2.45, 2.75) is 13.5 Å². The maximum Gasteiger partial charge on any atom is 0.131 e. The normalized spacial score (nSPS) is 10.2. The number of nitrogens with one attached hydrogen (secondary N) is 1. The van der Waals surface area contributed by atoms with E-state index in [1.54, 1.807) is 12.1 Å². The maximum absolute atomic E-state index is 9.68. The van der Waals surface area contributed by atoms with Gasteiger partial charge in [-0.3, -0.25) is 0 Å². The lowest BCUT2D eigenvalue weighted by molar-refractivity contribution is 0.469. The first-order valence-electron chi connectivity index (χ1n) is 5.30. The molecule has 0 atom stereocenters. The lowest BCUT2D eigenvalue weighted by atomic mass is 10.1. The predicted octanol–water partition coefficient (Wildman–Crippen LogP) is 3.36. The summed E-state index contributed by atoms with van der Waals surface area (Å²) in [5.74, 6) is 0.975. The standard InChI is InChI=1S/C13H13ClN2O/c1-9-5-6-11(17)10(7-9)8-15-13-4-2-3-12(14)16-13/h2-7,17H,8H2,1H3,(H,15,16). The molecule has 1 heterocycles. The quantitative estimate of drug-likeness (QED) is 0.819. The van der Waals surface area contributed by atoms with Crippen molar-refractivity contribution < 1.29 is 5.11 Å². The molecule has 2 N–H and O–H groups in total. The van der Waals surface area contributed by atoms with Gasteiger partial charge in [-0.05, 0) is 25.1 Å². The number of halogens is 1. The summed E-state index contributed by atoms with van der Waals surface area (Å²) in [6.45, 7) is 2.50. The van der Waals surface area contributed by atoms with Gasteiger partial charge in [0.25, 0.3) is 0 Å². The van der Waals surface area contributed by atoms with Crippen LogP contribution in [0, 0.1) is 6.92 Å². The molecule has 0 aliphatic rings. The number of rotatable bonds is 3. The molecule has 0 amide bonds. The number of hydrogen-bond acceptors (Lipinski definition) is 3. The number of phenols is 1. The lowest BCUT2D eigenvalue weighted by Gasteiger charge is -2.08. The highest BCUT2D eigenvalue weighted by Crippen LogP contribution is 2.19. The molecule has 88 valence electrons. The molecule has 0 unspecified atom stereocenters. The topological polar surface area (TPSA) is 45.1 Å². The fourth-order valence-electron chi connectivity index (χ4n) is 1.55. The number of anilines is 1. The zero-order valence-corrected chi connectivity index (χ0v) is 10.2. The van der Waals surface area contributed by atoms with Crippen LogP contribution in [0.1, 0.15) is 11.1 Å². The van der Waals surface area contributed by atoms with E-state index in [2.05, 4.69) is 10.3 Å². The van der Waals surface area contributed by atoms with Gasteiger partial charge in [0, 0.05) is 12.1 Å². The van der Waals surface area contributed by atoms with Crippen molar-refractivity contribution in [3.8, 4) is 5.75 Å². The summed E-state index contributed by atoms with van der Waals surface area (Å²) >= 11 is 5.78. The van der Waals surface area contributed by atoms with Crippen molar-refractivity contribution in [3.63, 3.8) is 0 Å². The molecule has 1 aromatic heterocycles. The van der Waals surface area contributed by atoms with E-state index in [-0.39, 0.29) is 5.75 Å². The second-order valence-corrected chi connectivity index (χ2v) is 4.22. The van der Waals surface area contributed by atoms with Gasteiger partial charge in [0.15, 0.2) is 0 Å². The average molecular weight is 249 g/mol. The molecule has 0 aliphatic heterocycles. The molecule has 2 rings (SSSR count). The van der Waals surface area contributed by atoms with E-state index in [1.807, 2.05) is 31.2 Å². The van der Waals surface area contributed by atoms with Crippen molar-refractivity contribution in [2.24, 2.45) is 0 Å². The number of nitrogens with zero attached hydrogens (tertiary/aromatic N) is 1. The third kappa shape index (κ3) is 3.11. The number of aryl methyl sites for hydroxylation is 1. The number of benzene rings is 1. The third-order valence-corrected chi connectivity index (χ3v) is 2.62. The third-order valence-electron chi connectivity index (χ3n) is 2.41. The van der Waals surface area contributed by atoms with Crippen molar-refractivity contribution in [2.75, 3.05) is 5.32 Å². The van der Waals surface area contributed by atoms with E-state index >= 15 is 0 Å². The molecule has 0 saturated heterocycles. The highest BCUT2D eigenvalue weighted by atomic mass is 35.5. The molecular formula is C13H13ClN2O. The number of pyridine rings is 1. The Bertz CT molecular complexity index is 529. The fourth-order valence-corrected chi connectivity index (χ4v) is 1.71. The molecule has 1 aromatic carbocycles. The van der Waals surface area contributed by atoms with Crippen molar-refractivity contribution in [1.29, 1.82) is 0 Å². The summed E-state index contributed by atoms with van der Waals surface area (Å²) in [7, 11) is 0. The van der Waals surface area contributed by atoms with Gasteiger partial charge in [0.1, 0.15) is 16.7 Å². The molecule has 0 spiro atoms. The van der Waals surface area contributed by atoms with Crippen LogP contribution >= 0.6 is 11.6 Å². The van der Waals surface area contributed by atoms with Crippen LogP contribution in [0.15, 0.2) is 36.4 Å². The average Bonchev–Trinajstić information content (AvgIpc) is 2.30. The first kappa shape index (κ1) is 11.7. The van der Waals surface area contributed by atoms with Gasteiger partial charge in [-0.25, -0.2) is 4.98 Å². The summed E-state index contributed by atoms with van der Waals surface area (Å²) < 4.78 is 0. The highest BCUT2D eigenvalue weighted by molar-refractivity contribution is 6.29. The zero-order chi connectivity index (χ0) is 12.3. The predicted molar refractivity (Wildman–Crippen MR) is 69.4 cm³/mol. The molecule has 0 radical (unpaired) electrons. The summed E-state index contributed by atoms with van der Waals surface area (Å²) in [6.07, 6.45) is 0. The number of aromatic nitrogens is 1. The first-order valence-corrected chi connectivity index (χ1v) is 5.68. The summed E-state index contributed by atoms with van der Waals surface area (Å²) in [6, 6.07) is 10.9. The minimum atomic E-state index is 0.283. The van der Waals surface area contributed by atoms with E-state index in [9.17, 15) is 5.11 Å². The Labute approximate surface area is 105 Å². The van der Waals surface area contributed by atoms with E-state index < -0.39 is 0 Å². The summed E-state index contributed by atoms with van der Waals surface area (Å²) in [4.78, 5) is 4.11. The van der Waals surface area contributed by atoms with Crippen LogP contribution in [-0.2, 0) is 6.54 Å². The van der Waals surface area contributed by atoms with Gasteiger partial charge in [-0.1, -0.05) is 35.4 Å². The van der Waals surface area contributed by atoms with Crippen LogP contribution < -0.4 is 5.32 Å². The van der Waals surface area contributed by atoms with Crippen LogP contribution in [-0.4, -0.2) is 10.1 Å². The number of hydrogen-bond donors (Lipinski definition) is 2. The summed E-state index contributed by atoms with van der Waals surface area (Å²) in [5.41, 5.74) is 1.95. The van der Waals surface area contributed by atoms with Crippen molar-refractivity contribution >= 4 is 17.4 Å². The van der Waals surface area contributed by atoms with Gasteiger partial charge >= 0.3 is 0 Å². The molecule has 2 aromatic rings. The molecule has 4 heteroatoms. The minimum absolute atomic E-state index is 0.283. The second-order valence-electron chi connectivity index (χ2n) is 3.83. The van der Waals surface area contributed by atoms with Gasteiger partial charge in [0.2, 0.25) is 0 Å². The Morgan fingerprint density at radius 3 is 2.88 bits per heavy atom. The Kier molecular flexibility index (Phi) is 3.49. The molecule has 0 saturated carbocycles. The lowest BCUT2D eigenvalue weighted by Crippen LogP contribution is -2.01. The summed E-state index contributed by atoms with van der Waals surface area (Å²) in [5, 5.41) is 13.2. The Hall–Kier alpha value is -1.74. The first-order chi connectivity index (χ1) is 8.15. The molecule has 0 bridgehead atoms. The molecule has 0 fully saturated rings. The smallest absolute Gasteiger partial charge is 0.131 e. The van der Waals surface area contributed by atoms with Gasteiger partial charge in [-0.15, -0.1) is 0 Å². The highest BCUT2D eigenvalue weighted by Gasteiger charge is 2.02. The van der Waals surface area contributed by atoms with Crippen LogP contribution in [0.2, 0.25) is 5.15 Å².